The molecule has 0 aliphatic carbocycles. The van der Waals surface area contributed by atoms with Gasteiger partial charge in [-0.05, 0) is 31.2 Å². The number of methoxy groups -OCH3 is 1. The normalized spacial score (nSPS) is 13.6. The summed E-state index contributed by atoms with van der Waals surface area (Å²) in [5, 5.41) is 0. The van der Waals surface area contributed by atoms with Crippen molar-refractivity contribution in [3.05, 3.63) is 66.5 Å². The van der Waals surface area contributed by atoms with Crippen molar-refractivity contribution in [2.75, 3.05) is 44.8 Å². The van der Waals surface area contributed by atoms with E-state index in [0.29, 0.717) is 49.4 Å². The van der Waals surface area contributed by atoms with E-state index in [1.54, 1.807) is 24.1 Å². The first-order valence-corrected chi connectivity index (χ1v) is 10.5. The molecule has 166 valence electrons. The molecule has 0 unspecified atom stereocenters. The Balaban J connectivity index is 1.33. The molecule has 0 atom stereocenters. The van der Waals surface area contributed by atoms with Gasteiger partial charge >= 0.3 is 0 Å². The topological polar surface area (TPSA) is 77.0 Å². The van der Waals surface area contributed by atoms with Crippen molar-refractivity contribution in [1.29, 1.82) is 0 Å². The molecule has 2 aromatic carbocycles. The lowest BCUT2D eigenvalue weighted by atomic mass is 10.3. The first kappa shape index (κ1) is 21.4. The summed E-state index contributed by atoms with van der Waals surface area (Å²) in [5.74, 6) is 3.77. The third kappa shape index (κ3) is 5.26. The zero-order chi connectivity index (χ0) is 22.3. The van der Waals surface area contributed by atoms with E-state index in [0.717, 1.165) is 11.6 Å². The molecule has 3 aromatic rings. The summed E-state index contributed by atoms with van der Waals surface area (Å²) in [4.78, 5) is 25.5. The van der Waals surface area contributed by atoms with Crippen LogP contribution >= 0.6 is 0 Å². The van der Waals surface area contributed by atoms with Crippen molar-refractivity contribution in [2.45, 2.75) is 6.92 Å². The van der Waals surface area contributed by atoms with Gasteiger partial charge in [-0.3, -0.25) is 4.79 Å². The Hall–Kier alpha value is -3.81. The van der Waals surface area contributed by atoms with Gasteiger partial charge in [0.05, 0.1) is 7.11 Å². The van der Waals surface area contributed by atoms with E-state index >= 15 is 0 Å². The van der Waals surface area contributed by atoms with Crippen LogP contribution in [0, 0.1) is 6.92 Å². The van der Waals surface area contributed by atoms with Crippen LogP contribution in [0.2, 0.25) is 0 Å². The van der Waals surface area contributed by atoms with Crippen molar-refractivity contribution in [1.82, 2.24) is 14.9 Å². The van der Waals surface area contributed by atoms with Crippen molar-refractivity contribution in [3.63, 3.8) is 0 Å². The number of benzene rings is 2. The largest absolute Gasteiger partial charge is 0.493 e. The van der Waals surface area contributed by atoms with E-state index < -0.39 is 0 Å². The minimum absolute atomic E-state index is 0.0257. The number of aryl methyl sites for hydroxylation is 1. The molecule has 1 saturated heterocycles. The van der Waals surface area contributed by atoms with Crippen LogP contribution in [0.25, 0.3) is 0 Å². The molecule has 0 bridgehead atoms. The van der Waals surface area contributed by atoms with Gasteiger partial charge in [0, 0.05) is 32.2 Å². The first-order chi connectivity index (χ1) is 15.6. The summed E-state index contributed by atoms with van der Waals surface area (Å²) < 4.78 is 16.8. The zero-order valence-electron chi connectivity index (χ0n) is 18.2. The fourth-order valence-electron chi connectivity index (χ4n) is 3.50. The molecule has 0 radical (unpaired) electrons. The van der Waals surface area contributed by atoms with Crippen molar-refractivity contribution in [2.24, 2.45) is 0 Å². The van der Waals surface area contributed by atoms with Crippen molar-refractivity contribution in [3.8, 4) is 23.1 Å². The Kier molecular flexibility index (Phi) is 6.69. The highest BCUT2D eigenvalue weighted by molar-refractivity contribution is 5.78. The number of anilines is 1. The van der Waals surface area contributed by atoms with Gasteiger partial charge in [0.2, 0.25) is 5.88 Å². The standard InChI is InChI=1S/C24H26N4O4/c1-18-25-22(16-23(26-18)32-19-8-4-3-5-9-19)27-12-14-28(15-13-27)24(29)17-31-21-11-7-6-10-20(21)30-2/h3-11,16H,12-15,17H2,1-2H3. The molecule has 2 heterocycles. The second-order valence-corrected chi connectivity index (χ2v) is 7.33. The fourth-order valence-corrected chi connectivity index (χ4v) is 3.50. The van der Waals surface area contributed by atoms with Crippen LogP contribution < -0.4 is 19.1 Å². The number of carbonyl (C=O) groups excluding carboxylic acids is 1. The summed E-state index contributed by atoms with van der Waals surface area (Å²) in [7, 11) is 1.58. The van der Waals surface area contributed by atoms with E-state index in [4.69, 9.17) is 14.2 Å². The molecule has 1 aliphatic rings. The lowest BCUT2D eigenvalue weighted by Gasteiger charge is -2.35. The molecule has 1 amide bonds. The Bertz CT molecular complexity index is 1050. The molecular weight excluding hydrogens is 408 g/mol. The van der Waals surface area contributed by atoms with Gasteiger partial charge in [-0.2, -0.15) is 4.98 Å². The van der Waals surface area contributed by atoms with Crippen molar-refractivity contribution >= 4 is 11.7 Å². The molecule has 0 spiro atoms. The number of carbonyl (C=O) groups is 1. The highest BCUT2D eigenvalue weighted by atomic mass is 16.5. The summed E-state index contributed by atoms with van der Waals surface area (Å²) in [5.41, 5.74) is 0. The summed E-state index contributed by atoms with van der Waals surface area (Å²) in [6.07, 6.45) is 0. The maximum atomic E-state index is 12.6. The average Bonchev–Trinajstić information content (AvgIpc) is 2.83. The van der Waals surface area contributed by atoms with E-state index in [-0.39, 0.29) is 12.5 Å². The predicted molar refractivity (Wildman–Crippen MR) is 121 cm³/mol. The van der Waals surface area contributed by atoms with Gasteiger partial charge in [0.1, 0.15) is 17.4 Å². The number of hydrogen-bond acceptors (Lipinski definition) is 7. The van der Waals surface area contributed by atoms with Gasteiger partial charge in [0.15, 0.2) is 18.1 Å². The molecule has 8 heteroatoms. The third-order valence-electron chi connectivity index (χ3n) is 5.14. The number of para-hydroxylation sites is 3. The lowest BCUT2D eigenvalue weighted by molar-refractivity contribution is -0.133. The van der Waals surface area contributed by atoms with Crippen LogP contribution in [0.3, 0.4) is 0 Å². The highest BCUT2D eigenvalue weighted by Gasteiger charge is 2.23. The fraction of sp³-hybridized carbons (Fsp3) is 0.292. The van der Waals surface area contributed by atoms with E-state index in [1.807, 2.05) is 55.5 Å². The van der Waals surface area contributed by atoms with Crippen LogP contribution in [0.15, 0.2) is 60.7 Å². The second kappa shape index (κ2) is 10.00. The molecule has 1 fully saturated rings. The maximum absolute atomic E-state index is 12.6. The predicted octanol–water partition coefficient (Wildman–Crippen LogP) is 3.31. The molecule has 8 nitrogen and oxygen atoms in total. The van der Waals surface area contributed by atoms with E-state index in [9.17, 15) is 4.79 Å². The monoisotopic (exact) mass is 434 g/mol. The maximum Gasteiger partial charge on any atom is 0.260 e. The minimum Gasteiger partial charge on any atom is -0.493 e. The van der Waals surface area contributed by atoms with Crippen molar-refractivity contribution < 1.29 is 19.0 Å². The zero-order valence-corrected chi connectivity index (χ0v) is 18.2. The Labute approximate surface area is 187 Å². The first-order valence-electron chi connectivity index (χ1n) is 10.5. The van der Waals surface area contributed by atoms with Gasteiger partial charge in [-0.1, -0.05) is 30.3 Å². The highest BCUT2D eigenvalue weighted by Crippen LogP contribution is 2.26. The number of nitrogens with zero attached hydrogens (tertiary/aromatic N) is 4. The number of piperazine rings is 1. The molecular formula is C24H26N4O4. The number of ether oxygens (including phenoxy) is 3. The Morgan fingerprint density at radius 2 is 1.62 bits per heavy atom. The number of hydrogen-bond donors (Lipinski definition) is 0. The quantitative estimate of drug-likeness (QED) is 0.565. The number of amides is 1. The molecule has 0 N–H and O–H groups in total. The molecule has 32 heavy (non-hydrogen) atoms. The minimum atomic E-state index is -0.0532. The molecule has 1 aromatic heterocycles. The lowest BCUT2D eigenvalue weighted by Crippen LogP contribution is -2.50. The van der Waals surface area contributed by atoms with Gasteiger partial charge in [0.25, 0.3) is 5.91 Å². The smallest absolute Gasteiger partial charge is 0.260 e. The van der Waals surface area contributed by atoms with Crippen LogP contribution in [0.5, 0.6) is 23.1 Å². The number of rotatable bonds is 7. The Morgan fingerprint density at radius 1 is 0.938 bits per heavy atom. The van der Waals surface area contributed by atoms with Gasteiger partial charge in [-0.15, -0.1) is 0 Å². The van der Waals surface area contributed by atoms with Gasteiger partial charge in [-0.25, -0.2) is 4.98 Å². The summed E-state index contributed by atoms with van der Waals surface area (Å²) in [6, 6.07) is 18.7. The summed E-state index contributed by atoms with van der Waals surface area (Å²) >= 11 is 0. The second-order valence-electron chi connectivity index (χ2n) is 7.33. The van der Waals surface area contributed by atoms with Crippen LogP contribution in [0.4, 0.5) is 5.82 Å². The summed E-state index contributed by atoms with van der Waals surface area (Å²) in [6.45, 7) is 4.33. The Morgan fingerprint density at radius 3 is 2.34 bits per heavy atom. The molecule has 0 saturated carbocycles. The molecule has 1 aliphatic heterocycles. The third-order valence-corrected chi connectivity index (χ3v) is 5.14. The average molecular weight is 434 g/mol. The van der Waals surface area contributed by atoms with Gasteiger partial charge < -0.3 is 24.0 Å². The van der Waals surface area contributed by atoms with Crippen LogP contribution in [-0.2, 0) is 4.79 Å². The molecule has 4 rings (SSSR count). The van der Waals surface area contributed by atoms with Crippen LogP contribution in [-0.4, -0.2) is 60.7 Å². The number of aromatic nitrogens is 2. The SMILES string of the molecule is COc1ccccc1OCC(=O)N1CCN(c2cc(Oc3ccccc3)nc(C)n2)CC1. The van der Waals surface area contributed by atoms with E-state index in [2.05, 4.69) is 14.9 Å². The van der Waals surface area contributed by atoms with Crippen LogP contribution in [0.1, 0.15) is 5.82 Å². The van der Waals surface area contributed by atoms with E-state index in [1.165, 1.54) is 0 Å².